The molecule has 1 aromatic rings. The van der Waals surface area contributed by atoms with Gasteiger partial charge in [0.15, 0.2) is 18.1 Å². The number of nitrogens with zero attached hydrogens (tertiary/aromatic N) is 1. The van der Waals surface area contributed by atoms with Crippen LogP contribution >= 0.6 is 35.6 Å². The third kappa shape index (κ3) is 5.37. The lowest BCUT2D eigenvalue weighted by molar-refractivity contribution is -0.145. The highest BCUT2D eigenvalue weighted by Crippen LogP contribution is 2.39. The van der Waals surface area contributed by atoms with Crippen LogP contribution in [0.15, 0.2) is 17.0 Å². The molecule has 1 fully saturated rings. The summed E-state index contributed by atoms with van der Waals surface area (Å²) in [7, 11) is 0. The van der Waals surface area contributed by atoms with Gasteiger partial charge in [-0.2, -0.15) is 0 Å². The third-order valence-corrected chi connectivity index (χ3v) is 5.12. The number of halogens is 1. The van der Waals surface area contributed by atoms with Crippen LogP contribution in [0.3, 0.4) is 0 Å². The van der Waals surface area contributed by atoms with Crippen molar-refractivity contribution < 1.29 is 23.8 Å². The molecule has 9 heteroatoms. The molecule has 0 radical (unpaired) electrons. The van der Waals surface area contributed by atoms with Gasteiger partial charge in [-0.25, -0.2) is 4.79 Å². The van der Waals surface area contributed by atoms with Gasteiger partial charge in [-0.1, -0.05) is 35.6 Å². The van der Waals surface area contributed by atoms with Crippen molar-refractivity contribution in [3.8, 4) is 11.5 Å². The van der Waals surface area contributed by atoms with E-state index in [0.717, 1.165) is 0 Å². The smallest absolute Gasteiger partial charge is 0.344 e. The number of carbonyl (C=O) groups is 2. The number of ether oxygens (including phenoxy) is 3. The molecule has 1 heterocycles. The predicted octanol–water partition coefficient (Wildman–Crippen LogP) is 3.90. The van der Waals surface area contributed by atoms with Gasteiger partial charge < -0.3 is 14.2 Å². The molecular weight excluding hydrogens is 410 g/mol. The second-order valence-corrected chi connectivity index (χ2v) is 7.37. The lowest BCUT2D eigenvalue weighted by atomic mass is 10.1. The van der Waals surface area contributed by atoms with E-state index in [4.69, 9.17) is 38.0 Å². The number of esters is 1. The van der Waals surface area contributed by atoms with Crippen molar-refractivity contribution in [3.63, 3.8) is 0 Å². The maximum atomic E-state index is 12.4. The highest BCUT2D eigenvalue weighted by atomic mass is 35.5. The van der Waals surface area contributed by atoms with E-state index in [9.17, 15) is 9.59 Å². The molecule has 146 valence electrons. The average molecular weight is 430 g/mol. The van der Waals surface area contributed by atoms with Crippen molar-refractivity contribution in [3.05, 3.63) is 27.6 Å². The standard InChI is InChI=1S/C18H20ClNO5S2/c1-4-20-17(22)14(27-18(20)26)9-11-7-12(19)16(13(8-11)23-5-2)25-10-15(21)24-6-3/h7-9H,4-6,10H2,1-3H3. The predicted molar refractivity (Wildman–Crippen MR) is 110 cm³/mol. The quantitative estimate of drug-likeness (QED) is 0.352. The molecule has 1 aliphatic heterocycles. The van der Waals surface area contributed by atoms with Crippen LogP contribution in [-0.2, 0) is 14.3 Å². The summed E-state index contributed by atoms with van der Waals surface area (Å²) in [5, 5.41) is 0.266. The molecule has 0 N–H and O–H groups in total. The van der Waals surface area contributed by atoms with Crippen molar-refractivity contribution in [2.24, 2.45) is 0 Å². The Morgan fingerprint density at radius 1 is 1.26 bits per heavy atom. The Labute approximate surface area is 172 Å². The Morgan fingerprint density at radius 3 is 2.59 bits per heavy atom. The monoisotopic (exact) mass is 429 g/mol. The number of likely N-dealkylation sites (N-methyl/N-ethyl adjacent to an activating group) is 1. The van der Waals surface area contributed by atoms with Gasteiger partial charge in [-0.05, 0) is 44.5 Å². The minimum Gasteiger partial charge on any atom is -0.490 e. The summed E-state index contributed by atoms with van der Waals surface area (Å²) >= 11 is 12.8. The van der Waals surface area contributed by atoms with E-state index in [0.29, 0.717) is 33.7 Å². The minimum absolute atomic E-state index is 0.135. The highest BCUT2D eigenvalue weighted by Gasteiger charge is 2.30. The van der Waals surface area contributed by atoms with Crippen molar-refractivity contribution >= 4 is 57.9 Å². The molecule has 0 aromatic heterocycles. The van der Waals surface area contributed by atoms with Gasteiger partial charge in [-0.15, -0.1) is 0 Å². The van der Waals surface area contributed by atoms with E-state index in [1.54, 1.807) is 25.1 Å². The van der Waals surface area contributed by atoms with Crippen molar-refractivity contribution in [2.45, 2.75) is 20.8 Å². The van der Waals surface area contributed by atoms with Crippen LogP contribution in [0.5, 0.6) is 11.5 Å². The van der Waals surface area contributed by atoms with Crippen molar-refractivity contribution in [1.29, 1.82) is 0 Å². The number of amides is 1. The summed E-state index contributed by atoms with van der Waals surface area (Å²) in [6, 6.07) is 3.34. The molecule has 6 nitrogen and oxygen atoms in total. The first-order valence-corrected chi connectivity index (χ1v) is 10.0. The van der Waals surface area contributed by atoms with Crippen molar-refractivity contribution in [2.75, 3.05) is 26.4 Å². The second kappa shape index (κ2) is 9.96. The summed E-state index contributed by atoms with van der Waals surface area (Å²) in [6.07, 6.45) is 1.71. The van der Waals surface area contributed by atoms with E-state index >= 15 is 0 Å². The summed E-state index contributed by atoms with van der Waals surface area (Å²) in [5.41, 5.74) is 0.670. The summed E-state index contributed by atoms with van der Waals surface area (Å²) < 4.78 is 16.4. The molecule has 0 saturated carbocycles. The Kier molecular flexibility index (Phi) is 7.94. The van der Waals surface area contributed by atoms with Crippen LogP contribution in [0.1, 0.15) is 26.3 Å². The fourth-order valence-electron chi connectivity index (χ4n) is 2.33. The molecule has 0 spiro atoms. The molecule has 0 atom stereocenters. The molecule has 1 aromatic carbocycles. The SMILES string of the molecule is CCOC(=O)COc1c(Cl)cc(C=C2SC(=S)N(CC)C2=O)cc1OCC. The Morgan fingerprint density at radius 2 is 2.00 bits per heavy atom. The van der Waals surface area contributed by atoms with Gasteiger partial charge in [0.2, 0.25) is 0 Å². The molecule has 1 amide bonds. The number of rotatable bonds is 8. The fourth-order valence-corrected chi connectivity index (χ4v) is 3.99. The van der Waals surface area contributed by atoms with Crippen LogP contribution in [-0.4, -0.2) is 47.5 Å². The number of hydrogen-bond donors (Lipinski definition) is 0. The van der Waals surface area contributed by atoms with Gasteiger partial charge in [0.25, 0.3) is 5.91 Å². The second-order valence-electron chi connectivity index (χ2n) is 5.28. The average Bonchev–Trinajstić information content (AvgIpc) is 2.87. The van der Waals surface area contributed by atoms with Crippen molar-refractivity contribution in [1.82, 2.24) is 4.90 Å². The molecule has 2 rings (SSSR count). The third-order valence-electron chi connectivity index (χ3n) is 3.46. The number of carbonyl (C=O) groups excluding carboxylic acids is 2. The van der Waals surface area contributed by atoms with E-state index in [1.807, 2.05) is 13.8 Å². The normalized spacial score (nSPS) is 15.4. The van der Waals surface area contributed by atoms with E-state index in [1.165, 1.54) is 16.7 Å². The Bertz CT molecular complexity index is 781. The zero-order valence-electron chi connectivity index (χ0n) is 15.2. The molecule has 0 bridgehead atoms. The Hall–Kier alpha value is -1.77. The van der Waals surface area contributed by atoms with Crippen LogP contribution in [0.4, 0.5) is 0 Å². The summed E-state index contributed by atoms with van der Waals surface area (Å²) in [6.45, 7) is 6.30. The number of hydrogen-bond acceptors (Lipinski definition) is 7. The zero-order chi connectivity index (χ0) is 20.0. The maximum Gasteiger partial charge on any atom is 0.344 e. The lowest BCUT2D eigenvalue weighted by Gasteiger charge is -2.14. The van der Waals surface area contributed by atoms with Gasteiger partial charge in [-0.3, -0.25) is 9.69 Å². The number of thioether (sulfide) groups is 1. The first-order valence-electron chi connectivity index (χ1n) is 8.41. The molecule has 1 saturated heterocycles. The van der Waals surface area contributed by atoms with Crippen LogP contribution in [0.25, 0.3) is 6.08 Å². The molecule has 0 aliphatic carbocycles. The van der Waals surface area contributed by atoms with E-state index < -0.39 is 5.97 Å². The first-order chi connectivity index (χ1) is 12.9. The summed E-state index contributed by atoms with van der Waals surface area (Å²) in [4.78, 5) is 25.9. The van der Waals surface area contributed by atoms with Crippen LogP contribution in [0.2, 0.25) is 5.02 Å². The van der Waals surface area contributed by atoms with Crippen LogP contribution in [0, 0.1) is 0 Å². The summed E-state index contributed by atoms with van der Waals surface area (Å²) in [5.74, 6) is 0.00361. The van der Waals surface area contributed by atoms with E-state index in [2.05, 4.69) is 0 Å². The number of benzene rings is 1. The number of thiocarbonyl (C=S) groups is 1. The van der Waals surface area contributed by atoms with Gasteiger partial charge in [0.05, 0.1) is 23.1 Å². The molecule has 1 aliphatic rings. The van der Waals surface area contributed by atoms with Gasteiger partial charge in [0, 0.05) is 6.54 Å². The largest absolute Gasteiger partial charge is 0.490 e. The fraction of sp³-hybridized carbons (Fsp3) is 0.389. The van der Waals surface area contributed by atoms with E-state index in [-0.39, 0.29) is 29.9 Å². The van der Waals surface area contributed by atoms with Gasteiger partial charge in [0.1, 0.15) is 4.32 Å². The van der Waals surface area contributed by atoms with Crippen LogP contribution < -0.4 is 9.47 Å². The molecular formula is C18H20ClNO5S2. The molecule has 27 heavy (non-hydrogen) atoms. The maximum absolute atomic E-state index is 12.4. The minimum atomic E-state index is -0.497. The first kappa shape index (κ1) is 21.5. The lowest BCUT2D eigenvalue weighted by Crippen LogP contribution is -2.27. The van der Waals surface area contributed by atoms with Gasteiger partial charge >= 0.3 is 5.97 Å². The Balaban J connectivity index is 2.29. The molecule has 0 unspecified atom stereocenters. The zero-order valence-corrected chi connectivity index (χ0v) is 17.6. The topological polar surface area (TPSA) is 65.1 Å². The highest BCUT2D eigenvalue weighted by molar-refractivity contribution is 8.26.